The van der Waals surface area contributed by atoms with Crippen LogP contribution in [0.5, 0.6) is 0 Å². The van der Waals surface area contributed by atoms with E-state index in [0.29, 0.717) is 0 Å². The molecule has 2 aromatic rings. The molecule has 1 fully saturated rings. The van der Waals surface area contributed by atoms with Crippen molar-refractivity contribution in [3.8, 4) is 0 Å². The van der Waals surface area contributed by atoms with E-state index in [-0.39, 0.29) is 5.41 Å². The molecule has 3 rings (SSSR count). The van der Waals surface area contributed by atoms with Crippen LogP contribution >= 0.6 is 15.9 Å². The standard InChI is InChI=1S/C15H20BrN3/c1-3-19-13-5-4-11(16)10-12(13)18-14(19)15(2)6-8-17-9-7-15/h4-5,10,17H,3,6-9H2,1-2H3. The number of hydrogen-bond donors (Lipinski definition) is 1. The summed E-state index contributed by atoms with van der Waals surface area (Å²) in [5.41, 5.74) is 2.55. The number of nitrogens with one attached hydrogen (secondary N) is 1. The molecule has 19 heavy (non-hydrogen) atoms. The molecule has 0 radical (unpaired) electrons. The number of fused-ring (bicyclic) bond motifs is 1. The number of benzene rings is 1. The van der Waals surface area contributed by atoms with Gasteiger partial charge in [-0.1, -0.05) is 22.9 Å². The van der Waals surface area contributed by atoms with Crippen LogP contribution in [0.2, 0.25) is 0 Å². The van der Waals surface area contributed by atoms with Crippen molar-refractivity contribution in [2.45, 2.75) is 38.6 Å². The van der Waals surface area contributed by atoms with Crippen LogP contribution in [-0.4, -0.2) is 22.6 Å². The number of imidazole rings is 1. The molecule has 0 saturated carbocycles. The summed E-state index contributed by atoms with van der Waals surface area (Å²) in [6.07, 6.45) is 2.33. The lowest BCUT2D eigenvalue weighted by molar-refractivity contribution is 0.310. The second kappa shape index (κ2) is 4.91. The fourth-order valence-corrected chi connectivity index (χ4v) is 3.43. The van der Waals surface area contributed by atoms with E-state index in [4.69, 9.17) is 4.98 Å². The average Bonchev–Trinajstić information content (AvgIpc) is 2.78. The van der Waals surface area contributed by atoms with Gasteiger partial charge in [-0.15, -0.1) is 0 Å². The van der Waals surface area contributed by atoms with Crippen LogP contribution in [0.1, 0.15) is 32.5 Å². The topological polar surface area (TPSA) is 29.9 Å². The van der Waals surface area contributed by atoms with Crippen LogP contribution in [0, 0.1) is 0 Å². The van der Waals surface area contributed by atoms with Gasteiger partial charge in [0.05, 0.1) is 11.0 Å². The summed E-state index contributed by atoms with van der Waals surface area (Å²) < 4.78 is 3.48. The van der Waals surface area contributed by atoms with Crippen molar-refractivity contribution in [1.82, 2.24) is 14.9 Å². The van der Waals surface area contributed by atoms with Gasteiger partial charge in [0.2, 0.25) is 0 Å². The summed E-state index contributed by atoms with van der Waals surface area (Å²) in [6.45, 7) is 7.73. The number of rotatable bonds is 2. The Bertz CT molecular complexity index is 597. The minimum Gasteiger partial charge on any atom is -0.328 e. The predicted molar refractivity (Wildman–Crippen MR) is 82.6 cm³/mol. The van der Waals surface area contributed by atoms with E-state index in [1.54, 1.807) is 0 Å². The van der Waals surface area contributed by atoms with Crippen LogP contribution in [0.25, 0.3) is 11.0 Å². The third-order valence-electron chi connectivity index (χ3n) is 4.27. The molecule has 2 heterocycles. The first kappa shape index (κ1) is 13.1. The highest BCUT2D eigenvalue weighted by molar-refractivity contribution is 9.10. The molecule has 1 aromatic heterocycles. The summed E-state index contributed by atoms with van der Waals surface area (Å²) in [7, 11) is 0. The maximum Gasteiger partial charge on any atom is 0.115 e. The van der Waals surface area contributed by atoms with Gasteiger partial charge in [0, 0.05) is 16.4 Å². The second-order valence-electron chi connectivity index (χ2n) is 5.62. The zero-order valence-electron chi connectivity index (χ0n) is 11.5. The van der Waals surface area contributed by atoms with Crippen molar-refractivity contribution in [3.05, 3.63) is 28.5 Å². The van der Waals surface area contributed by atoms with E-state index in [0.717, 1.165) is 42.5 Å². The molecule has 3 nitrogen and oxygen atoms in total. The van der Waals surface area contributed by atoms with Gasteiger partial charge in [-0.2, -0.15) is 0 Å². The van der Waals surface area contributed by atoms with Gasteiger partial charge in [-0.25, -0.2) is 4.98 Å². The Hall–Kier alpha value is -0.870. The molecule has 1 saturated heterocycles. The Morgan fingerprint density at radius 3 is 2.79 bits per heavy atom. The monoisotopic (exact) mass is 321 g/mol. The van der Waals surface area contributed by atoms with Crippen molar-refractivity contribution in [2.24, 2.45) is 0 Å². The van der Waals surface area contributed by atoms with Gasteiger partial charge in [0.1, 0.15) is 5.82 Å². The fourth-order valence-electron chi connectivity index (χ4n) is 3.09. The van der Waals surface area contributed by atoms with E-state index in [1.165, 1.54) is 11.3 Å². The molecule has 4 heteroatoms. The lowest BCUT2D eigenvalue weighted by Crippen LogP contribution is -2.39. The number of aromatic nitrogens is 2. The smallest absolute Gasteiger partial charge is 0.115 e. The summed E-state index contributed by atoms with van der Waals surface area (Å²) in [4.78, 5) is 4.94. The molecule has 0 atom stereocenters. The number of aryl methyl sites for hydroxylation is 1. The number of piperidine rings is 1. The van der Waals surface area contributed by atoms with Crippen molar-refractivity contribution in [2.75, 3.05) is 13.1 Å². The summed E-state index contributed by atoms with van der Waals surface area (Å²) >= 11 is 3.54. The third kappa shape index (κ3) is 2.21. The van der Waals surface area contributed by atoms with Gasteiger partial charge in [-0.3, -0.25) is 0 Å². The quantitative estimate of drug-likeness (QED) is 0.918. The van der Waals surface area contributed by atoms with Crippen LogP contribution in [-0.2, 0) is 12.0 Å². The van der Waals surface area contributed by atoms with Gasteiger partial charge < -0.3 is 9.88 Å². The van der Waals surface area contributed by atoms with Gasteiger partial charge in [0.25, 0.3) is 0 Å². The summed E-state index contributed by atoms with van der Waals surface area (Å²) in [6, 6.07) is 6.39. The van der Waals surface area contributed by atoms with Crippen molar-refractivity contribution < 1.29 is 0 Å². The zero-order valence-corrected chi connectivity index (χ0v) is 13.1. The van der Waals surface area contributed by atoms with Gasteiger partial charge in [0.15, 0.2) is 0 Å². The summed E-state index contributed by atoms with van der Waals surface area (Å²) in [5, 5.41) is 3.45. The molecule has 0 amide bonds. The number of nitrogens with zero attached hydrogens (tertiary/aromatic N) is 2. The van der Waals surface area contributed by atoms with E-state index < -0.39 is 0 Å². The van der Waals surface area contributed by atoms with E-state index in [2.05, 4.69) is 57.9 Å². The molecule has 0 unspecified atom stereocenters. The molecule has 0 spiro atoms. The van der Waals surface area contributed by atoms with Gasteiger partial charge >= 0.3 is 0 Å². The third-order valence-corrected chi connectivity index (χ3v) is 4.77. The molecular formula is C15H20BrN3. The highest BCUT2D eigenvalue weighted by atomic mass is 79.9. The molecule has 0 bridgehead atoms. The summed E-state index contributed by atoms with van der Waals surface area (Å²) in [5.74, 6) is 1.25. The highest BCUT2D eigenvalue weighted by Crippen LogP contribution is 2.34. The maximum atomic E-state index is 4.94. The Morgan fingerprint density at radius 1 is 1.37 bits per heavy atom. The highest BCUT2D eigenvalue weighted by Gasteiger charge is 2.33. The first-order chi connectivity index (χ1) is 9.14. The second-order valence-corrected chi connectivity index (χ2v) is 6.54. The lowest BCUT2D eigenvalue weighted by atomic mass is 9.80. The first-order valence-electron chi connectivity index (χ1n) is 7.01. The Morgan fingerprint density at radius 2 is 2.11 bits per heavy atom. The van der Waals surface area contributed by atoms with Crippen molar-refractivity contribution in [1.29, 1.82) is 0 Å². The fraction of sp³-hybridized carbons (Fsp3) is 0.533. The van der Waals surface area contributed by atoms with E-state index in [1.807, 2.05) is 0 Å². The van der Waals surface area contributed by atoms with Crippen molar-refractivity contribution >= 4 is 27.0 Å². The van der Waals surface area contributed by atoms with Crippen molar-refractivity contribution in [3.63, 3.8) is 0 Å². The average molecular weight is 322 g/mol. The molecule has 1 aromatic carbocycles. The first-order valence-corrected chi connectivity index (χ1v) is 7.80. The maximum absolute atomic E-state index is 4.94. The van der Waals surface area contributed by atoms with Crippen LogP contribution in [0.4, 0.5) is 0 Å². The molecule has 102 valence electrons. The number of halogens is 1. The SMILES string of the molecule is CCn1c(C2(C)CCNCC2)nc2cc(Br)ccc21. The van der Waals surface area contributed by atoms with Crippen LogP contribution < -0.4 is 5.32 Å². The lowest BCUT2D eigenvalue weighted by Gasteiger charge is -2.33. The largest absolute Gasteiger partial charge is 0.328 e. The molecule has 0 aliphatic carbocycles. The van der Waals surface area contributed by atoms with E-state index >= 15 is 0 Å². The van der Waals surface area contributed by atoms with Gasteiger partial charge in [-0.05, 0) is 51.1 Å². The van der Waals surface area contributed by atoms with Crippen LogP contribution in [0.3, 0.4) is 0 Å². The Balaban J connectivity index is 2.17. The Labute approximate surface area is 122 Å². The molecule has 1 aliphatic heterocycles. The molecule has 1 N–H and O–H groups in total. The Kier molecular flexibility index (Phi) is 3.39. The minimum absolute atomic E-state index is 0.201. The predicted octanol–water partition coefficient (Wildman–Crippen LogP) is 3.46. The number of hydrogen-bond acceptors (Lipinski definition) is 2. The molecule has 1 aliphatic rings. The van der Waals surface area contributed by atoms with Crippen LogP contribution in [0.15, 0.2) is 22.7 Å². The normalized spacial score (nSPS) is 18.9. The van der Waals surface area contributed by atoms with E-state index in [9.17, 15) is 0 Å². The molecular weight excluding hydrogens is 302 g/mol. The minimum atomic E-state index is 0.201. The zero-order chi connectivity index (χ0) is 13.5.